The fraction of sp³-hybridized carbons (Fsp3) is 0.200. The van der Waals surface area contributed by atoms with E-state index in [-0.39, 0.29) is 29.4 Å². The van der Waals surface area contributed by atoms with E-state index in [1.165, 1.54) is 11.9 Å². The number of nitrogens with zero attached hydrogens (tertiary/aromatic N) is 1. The van der Waals surface area contributed by atoms with Gasteiger partial charge >= 0.3 is 0 Å². The number of H-pyrrole nitrogens is 1. The monoisotopic (exact) mass is 439 g/mol. The minimum Gasteiger partial charge on any atom is -0.333 e. The Morgan fingerprint density at radius 3 is 2.27 bits per heavy atom. The quantitative estimate of drug-likeness (QED) is 0.473. The third-order valence-corrected chi connectivity index (χ3v) is 5.54. The van der Waals surface area contributed by atoms with Crippen LogP contribution in [0.3, 0.4) is 0 Å². The maximum absolute atomic E-state index is 13.9. The molecule has 1 unspecified atom stereocenters. The van der Waals surface area contributed by atoms with Crippen LogP contribution >= 0.6 is 11.6 Å². The summed E-state index contributed by atoms with van der Waals surface area (Å²) in [7, 11) is 1.41. The van der Waals surface area contributed by atoms with Crippen LogP contribution in [0.5, 0.6) is 0 Å². The number of amides is 1. The zero-order chi connectivity index (χ0) is 21.7. The van der Waals surface area contributed by atoms with Gasteiger partial charge in [-0.05, 0) is 29.7 Å². The molecule has 1 aromatic heterocycles. The largest absolute Gasteiger partial charge is 0.333 e. The Morgan fingerprint density at radius 1 is 1.03 bits per heavy atom. The number of aromatic nitrogens is 1. The van der Waals surface area contributed by atoms with Crippen molar-refractivity contribution in [3.63, 3.8) is 0 Å². The molecular formula is C20H14ClF4N3O2. The van der Waals surface area contributed by atoms with E-state index in [0.717, 1.165) is 24.3 Å². The molecule has 30 heavy (non-hydrogen) atoms. The van der Waals surface area contributed by atoms with Crippen LogP contribution in [0.4, 0.5) is 17.6 Å². The maximum atomic E-state index is 13.9. The highest BCUT2D eigenvalue weighted by Gasteiger charge is 2.31. The third kappa shape index (κ3) is 3.23. The van der Waals surface area contributed by atoms with E-state index in [1.54, 1.807) is 0 Å². The number of hydrogen-bond donors (Lipinski definition) is 2. The molecule has 0 radical (unpaired) electrons. The van der Waals surface area contributed by atoms with Crippen LogP contribution in [-0.4, -0.2) is 29.4 Å². The molecule has 2 aromatic carbocycles. The lowest BCUT2D eigenvalue weighted by atomic mass is 9.93. The second-order valence-electron chi connectivity index (χ2n) is 6.97. The van der Waals surface area contributed by atoms with Gasteiger partial charge in [-0.15, -0.1) is 0 Å². The summed E-state index contributed by atoms with van der Waals surface area (Å²) in [6.07, 6.45) is 0. The molecule has 4 rings (SSSR count). The summed E-state index contributed by atoms with van der Waals surface area (Å²) in [5.41, 5.74) is -0.0354. The number of carbonyl (C=O) groups excluding carboxylic acids is 1. The molecule has 10 heteroatoms. The molecule has 1 atom stereocenters. The fourth-order valence-electron chi connectivity index (χ4n) is 3.70. The van der Waals surface area contributed by atoms with Crippen molar-refractivity contribution in [2.24, 2.45) is 0 Å². The van der Waals surface area contributed by atoms with Crippen molar-refractivity contribution in [1.82, 2.24) is 15.2 Å². The number of rotatable bonds is 2. The zero-order valence-electron chi connectivity index (χ0n) is 15.5. The van der Waals surface area contributed by atoms with Crippen LogP contribution in [0.25, 0.3) is 10.8 Å². The van der Waals surface area contributed by atoms with Crippen molar-refractivity contribution in [2.75, 3.05) is 13.6 Å². The van der Waals surface area contributed by atoms with E-state index in [9.17, 15) is 27.2 Å². The minimum atomic E-state index is -1.17. The Morgan fingerprint density at radius 2 is 1.63 bits per heavy atom. The normalized spacial score (nSPS) is 15.9. The fourth-order valence-corrected chi connectivity index (χ4v) is 3.81. The first-order valence-corrected chi connectivity index (χ1v) is 9.23. The van der Waals surface area contributed by atoms with Crippen molar-refractivity contribution >= 4 is 28.3 Å². The summed E-state index contributed by atoms with van der Waals surface area (Å²) < 4.78 is 55.3. The smallest absolute Gasteiger partial charge is 0.256 e. The van der Waals surface area contributed by atoms with Gasteiger partial charge in [-0.1, -0.05) is 11.6 Å². The number of hydrogen-bond acceptors (Lipinski definition) is 3. The van der Waals surface area contributed by atoms with E-state index in [4.69, 9.17) is 11.6 Å². The molecule has 2 heterocycles. The molecule has 2 N–H and O–H groups in total. The van der Waals surface area contributed by atoms with Gasteiger partial charge in [0.05, 0.1) is 11.4 Å². The van der Waals surface area contributed by atoms with Crippen LogP contribution < -0.4 is 10.9 Å². The summed E-state index contributed by atoms with van der Waals surface area (Å²) in [5, 5.41) is 2.40. The van der Waals surface area contributed by atoms with Gasteiger partial charge in [0.2, 0.25) is 0 Å². The SMILES string of the molecule is CN(C(=O)c1cc(F)c(Cl)c(F)c1)C1CNCc2[nH]c(=O)c3cc(F)c(F)cc3c21. The molecule has 0 aliphatic carbocycles. The van der Waals surface area contributed by atoms with Crippen molar-refractivity contribution in [3.8, 4) is 0 Å². The molecule has 0 bridgehead atoms. The number of likely N-dealkylation sites (N-methyl/N-ethyl adjacent to an activating group) is 1. The van der Waals surface area contributed by atoms with Gasteiger partial charge < -0.3 is 15.2 Å². The van der Waals surface area contributed by atoms with Gasteiger partial charge in [-0.25, -0.2) is 17.6 Å². The van der Waals surface area contributed by atoms with Gasteiger partial charge in [0.25, 0.3) is 11.5 Å². The molecule has 5 nitrogen and oxygen atoms in total. The number of fused-ring (bicyclic) bond motifs is 3. The van der Waals surface area contributed by atoms with E-state index in [2.05, 4.69) is 10.3 Å². The van der Waals surface area contributed by atoms with Gasteiger partial charge in [-0.3, -0.25) is 9.59 Å². The summed E-state index contributed by atoms with van der Waals surface area (Å²) in [5.74, 6) is -5.18. The molecule has 3 aromatic rings. The van der Waals surface area contributed by atoms with Gasteiger partial charge in [0, 0.05) is 37.0 Å². The van der Waals surface area contributed by atoms with E-state index < -0.39 is 45.8 Å². The Labute approximate surface area is 172 Å². The average Bonchev–Trinajstić information content (AvgIpc) is 2.71. The van der Waals surface area contributed by atoms with Crippen molar-refractivity contribution in [1.29, 1.82) is 0 Å². The summed E-state index contributed by atoms with van der Waals surface area (Å²) >= 11 is 5.47. The Hall–Kier alpha value is -2.91. The lowest BCUT2D eigenvalue weighted by Gasteiger charge is -2.34. The van der Waals surface area contributed by atoms with Crippen LogP contribution in [0, 0.1) is 23.3 Å². The van der Waals surface area contributed by atoms with Crippen molar-refractivity contribution in [3.05, 3.63) is 79.7 Å². The minimum absolute atomic E-state index is 0.0658. The summed E-state index contributed by atoms with van der Waals surface area (Å²) in [6, 6.07) is 2.63. The molecule has 0 fully saturated rings. The lowest BCUT2D eigenvalue weighted by molar-refractivity contribution is 0.0722. The lowest BCUT2D eigenvalue weighted by Crippen LogP contribution is -2.42. The van der Waals surface area contributed by atoms with E-state index in [0.29, 0.717) is 11.3 Å². The molecule has 1 amide bonds. The number of carbonyl (C=O) groups is 1. The number of benzene rings is 2. The molecule has 0 saturated heterocycles. The average molecular weight is 440 g/mol. The first kappa shape index (κ1) is 20.4. The van der Waals surface area contributed by atoms with Crippen molar-refractivity contribution in [2.45, 2.75) is 12.6 Å². The zero-order valence-corrected chi connectivity index (χ0v) is 16.2. The highest BCUT2D eigenvalue weighted by molar-refractivity contribution is 6.31. The Bertz CT molecular complexity index is 1240. The molecule has 0 saturated carbocycles. The van der Waals surface area contributed by atoms with Gasteiger partial charge in [0.15, 0.2) is 11.6 Å². The summed E-state index contributed by atoms with van der Waals surface area (Å²) in [6.45, 7) is 0.455. The number of aromatic amines is 1. The first-order valence-electron chi connectivity index (χ1n) is 8.85. The first-order chi connectivity index (χ1) is 14.2. The second kappa shape index (κ2) is 7.41. The van der Waals surface area contributed by atoms with Gasteiger partial charge in [0.1, 0.15) is 16.7 Å². The Balaban J connectivity index is 1.84. The highest BCUT2D eigenvalue weighted by Crippen LogP contribution is 2.33. The van der Waals surface area contributed by atoms with Gasteiger partial charge in [-0.2, -0.15) is 0 Å². The molecule has 1 aliphatic heterocycles. The third-order valence-electron chi connectivity index (χ3n) is 5.18. The number of halogens is 5. The predicted octanol–water partition coefficient (Wildman–Crippen LogP) is 3.65. The molecule has 1 aliphatic rings. The molecule has 156 valence electrons. The van der Waals surface area contributed by atoms with Crippen LogP contribution in [0.2, 0.25) is 5.02 Å². The standard InChI is InChI=1S/C20H14ClF4N3O2/c1-28(20(30)8-2-13(24)18(21)14(25)3-8)16-7-26-6-15-17(16)9-4-11(22)12(23)5-10(9)19(29)27-15/h2-5,16,26H,6-7H2,1H3,(H,27,29). The van der Waals surface area contributed by atoms with E-state index in [1.807, 2.05) is 0 Å². The molecular weight excluding hydrogens is 426 g/mol. The number of pyridine rings is 1. The second-order valence-corrected chi connectivity index (χ2v) is 7.35. The van der Waals surface area contributed by atoms with Crippen LogP contribution in [-0.2, 0) is 6.54 Å². The predicted molar refractivity (Wildman–Crippen MR) is 102 cm³/mol. The highest BCUT2D eigenvalue weighted by atomic mass is 35.5. The van der Waals surface area contributed by atoms with Crippen LogP contribution in [0.1, 0.15) is 27.7 Å². The summed E-state index contributed by atoms with van der Waals surface area (Å²) in [4.78, 5) is 29.1. The Kier molecular flexibility index (Phi) is 5.03. The maximum Gasteiger partial charge on any atom is 0.256 e. The number of nitrogens with one attached hydrogen (secondary N) is 2. The van der Waals surface area contributed by atoms with Crippen LogP contribution in [0.15, 0.2) is 29.1 Å². The van der Waals surface area contributed by atoms with E-state index >= 15 is 0 Å². The topological polar surface area (TPSA) is 65.2 Å². The molecule has 0 spiro atoms. The van der Waals surface area contributed by atoms with Crippen molar-refractivity contribution < 1.29 is 22.4 Å².